The van der Waals surface area contributed by atoms with Crippen molar-refractivity contribution in [3.8, 4) is 5.75 Å². The molecule has 0 aliphatic heterocycles. The Balaban J connectivity index is 2.03. The highest BCUT2D eigenvalue weighted by molar-refractivity contribution is 5.99. The lowest BCUT2D eigenvalue weighted by Crippen LogP contribution is -2.25. The number of hydrogen-bond donors (Lipinski definition) is 1. The molecule has 0 saturated carbocycles. The molecule has 1 aromatic rings. The topological polar surface area (TPSA) is 50.7 Å². The van der Waals surface area contributed by atoms with Crippen molar-refractivity contribution in [3.05, 3.63) is 41.5 Å². The van der Waals surface area contributed by atoms with Crippen molar-refractivity contribution < 1.29 is 9.53 Å². The fourth-order valence-electron chi connectivity index (χ4n) is 2.82. The second kappa shape index (κ2) is 6.77. The number of hydrazone groups is 1. The van der Waals surface area contributed by atoms with Gasteiger partial charge >= 0.3 is 0 Å². The zero-order valence-corrected chi connectivity index (χ0v) is 13.8. The van der Waals surface area contributed by atoms with E-state index in [1.165, 1.54) is 5.57 Å². The Bertz CT molecular complexity index is 598. The molecule has 1 aromatic carbocycles. The summed E-state index contributed by atoms with van der Waals surface area (Å²) in [6.45, 7) is 9.07. The SMILES string of the molecule is CCOc1ccc(C(=O)N/N=C2\C=C(C)CC(C)(C)C2)cc1. The van der Waals surface area contributed by atoms with Gasteiger partial charge in [-0.3, -0.25) is 4.79 Å². The number of rotatable bonds is 4. The Morgan fingerprint density at radius 3 is 2.55 bits per heavy atom. The lowest BCUT2D eigenvalue weighted by molar-refractivity contribution is 0.0954. The molecule has 0 atom stereocenters. The number of nitrogens with zero attached hydrogens (tertiary/aromatic N) is 1. The largest absolute Gasteiger partial charge is 0.494 e. The molecule has 0 unspecified atom stereocenters. The van der Waals surface area contributed by atoms with Crippen LogP contribution in [0.25, 0.3) is 0 Å². The molecular formula is C18H24N2O2. The van der Waals surface area contributed by atoms with E-state index in [2.05, 4.69) is 37.4 Å². The third-order valence-electron chi connectivity index (χ3n) is 3.56. The van der Waals surface area contributed by atoms with Crippen LogP contribution in [-0.4, -0.2) is 18.2 Å². The molecule has 22 heavy (non-hydrogen) atoms. The maximum absolute atomic E-state index is 12.1. The fourth-order valence-corrected chi connectivity index (χ4v) is 2.82. The van der Waals surface area contributed by atoms with E-state index < -0.39 is 0 Å². The lowest BCUT2D eigenvalue weighted by Gasteiger charge is -2.29. The van der Waals surface area contributed by atoms with Crippen molar-refractivity contribution in [2.45, 2.75) is 40.5 Å². The Labute approximate surface area is 132 Å². The molecule has 1 aliphatic rings. The van der Waals surface area contributed by atoms with Crippen LogP contribution in [0.3, 0.4) is 0 Å². The van der Waals surface area contributed by atoms with E-state index in [9.17, 15) is 4.79 Å². The van der Waals surface area contributed by atoms with Crippen LogP contribution in [0.5, 0.6) is 5.75 Å². The number of carbonyl (C=O) groups excluding carboxylic acids is 1. The van der Waals surface area contributed by atoms with Crippen LogP contribution in [0.4, 0.5) is 0 Å². The van der Waals surface area contributed by atoms with Gasteiger partial charge in [0.05, 0.1) is 12.3 Å². The fraction of sp³-hybridized carbons (Fsp3) is 0.444. The van der Waals surface area contributed by atoms with Crippen molar-refractivity contribution >= 4 is 11.6 Å². The molecule has 1 N–H and O–H groups in total. The number of amides is 1. The maximum atomic E-state index is 12.1. The molecule has 0 bridgehead atoms. The molecule has 2 rings (SSSR count). The van der Waals surface area contributed by atoms with Crippen LogP contribution < -0.4 is 10.2 Å². The summed E-state index contributed by atoms with van der Waals surface area (Å²) in [6, 6.07) is 7.07. The van der Waals surface area contributed by atoms with Gasteiger partial charge in [-0.25, -0.2) is 5.43 Å². The van der Waals surface area contributed by atoms with Crippen molar-refractivity contribution in [1.82, 2.24) is 5.43 Å². The predicted molar refractivity (Wildman–Crippen MR) is 89.3 cm³/mol. The summed E-state index contributed by atoms with van der Waals surface area (Å²) >= 11 is 0. The summed E-state index contributed by atoms with van der Waals surface area (Å²) in [5.74, 6) is 0.558. The highest BCUT2D eigenvalue weighted by Gasteiger charge is 2.24. The first kappa shape index (κ1) is 16.3. The molecule has 1 amide bonds. The van der Waals surface area contributed by atoms with Crippen LogP contribution in [0.15, 0.2) is 41.0 Å². The average Bonchev–Trinajstić information content (AvgIpc) is 2.44. The van der Waals surface area contributed by atoms with Crippen molar-refractivity contribution in [2.24, 2.45) is 10.5 Å². The maximum Gasteiger partial charge on any atom is 0.271 e. The zero-order valence-electron chi connectivity index (χ0n) is 13.8. The van der Waals surface area contributed by atoms with E-state index >= 15 is 0 Å². The van der Waals surface area contributed by atoms with Crippen LogP contribution >= 0.6 is 0 Å². The number of nitrogens with one attached hydrogen (secondary N) is 1. The lowest BCUT2D eigenvalue weighted by atomic mass is 9.77. The summed E-state index contributed by atoms with van der Waals surface area (Å²) < 4.78 is 5.36. The molecule has 0 heterocycles. The van der Waals surface area contributed by atoms with Crippen molar-refractivity contribution in [1.29, 1.82) is 0 Å². The number of allylic oxidation sites excluding steroid dienone is 2. The van der Waals surface area contributed by atoms with E-state index in [-0.39, 0.29) is 11.3 Å². The molecule has 4 heteroatoms. The van der Waals surface area contributed by atoms with E-state index in [4.69, 9.17) is 4.74 Å². The van der Waals surface area contributed by atoms with Crippen LogP contribution in [0.1, 0.15) is 50.9 Å². The Morgan fingerprint density at radius 1 is 1.27 bits per heavy atom. The standard InChI is InChI=1S/C18H24N2O2/c1-5-22-16-8-6-14(7-9-16)17(21)20-19-15-10-13(2)11-18(3,4)12-15/h6-10H,5,11-12H2,1-4H3,(H,20,21)/b19-15+. The van der Waals surface area contributed by atoms with Crippen molar-refractivity contribution in [2.75, 3.05) is 6.61 Å². The van der Waals surface area contributed by atoms with Crippen LogP contribution in [0, 0.1) is 5.41 Å². The van der Waals surface area contributed by atoms with Gasteiger partial charge in [0.25, 0.3) is 5.91 Å². The molecule has 0 aromatic heterocycles. The van der Waals surface area contributed by atoms with Gasteiger partial charge in [0.1, 0.15) is 5.75 Å². The zero-order chi connectivity index (χ0) is 16.2. The molecule has 0 radical (unpaired) electrons. The smallest absolute Gasteiger partial charge is 0.271 e. The Morgan fingerprint density at radius 2 is 1.95 bits per heavy atom. The molecule has 0 fully saturated rings. The first-order valence-corrected chi connectivity index (χ1v) is 7.66. The number of hydrogen-bond acceptors (Lipinski definition) is 3. The highest BCUT2D eigenvalue weighted by atomic mass is 16.5. The van der Waals surface area contributed by atoms with E-state index in [1.807, 2.05) is 6.92 Å². The van der Waals surface area contributed by atoms with Gasteiger partial charge in [-0.2, -0.15) is 5.10 Å². The Hall–Kier alpha value is -2.10. The summed E-state index contributed by atoms with van der Waals surface area (Å²) in [6.07, 6.45) is 4.00. The second-order valence-electron chi connectivity index (χ2n) is 6.51. The predicted octanol–water partition coefficient (Wildman–Crippen LogP) is 3.94. The molecule has 0 spiro atoms. The van der Waals surface area contributed by atoms with Gasteiger partial charge in [0.15, 0.2) is 0 Å². The Kier molecular flexibility index (Phi) is 5.01. The minimum Gasteiger partial charge on any atom is -0.494 e. The van der Waals surface area contributed by atoms with Gasteiger partial charge in [0, 0.05) is 5.56 Å². The van der Waals surface area contributed by atoms with Gasteiger partial charge in [0.2, 0.25) is 0 Å². The minimum absolute atomic E-state index is 0.196. The highest BCUT2D eigenvalue weighted by Crippen LogP contribution is 2.33. The molecular weight excluding hydrogens is 276 g/mol. The van der Waals surface area contributed by atoms with E-state index in [0.29, 0.717) is 12.2 Å². The van der Waals surface area contributed by atoms with Gasteiger partial charge in [-0.15, -0.1) is 0 Å². The second-order valence-corrected chi connectivity index (χ2v) is 6.51. The third kappa shape index (κ3) is 4.45. The first-order chi connectivity index (χ1) is 10.4. The third-order valence-corrected chi connectivity index (χ3v) is 3.56. The van der Waals surface area contributed by atoms with Gasteiger partial charge < -0.3 is 4.74 Å². The number of benzene rings is 1. The quantitative estimate of drug-likeness (QED) is 0.856. The minimum atomic E-state index is -0.204. The number of ether oxygens (including phenoxy) is 1. The van der Waals surface area contributed by atoms with E-state index in [0.717, 1.165) is 24.3 Å². The monoisotopic (exact) mass is 300 g/mol. The molecule has 0 saturated heterocycles. The number of carbonyl (C=O) groups is 1. The normalized spacial score (nSPS) is 18.7. The summed E-state index contributed by atoms with van der Waals surface area (Å²) in [5.41, 5.74) is 5.63. The van der Waals surface area contributed by atoms with Crippen molar-refractivity contribution in [3.63, 3.8) is 0 Å². The molecule has 1 aliphatic carbocycles. The summed E-state index contributed by atoms with van der Waals surface area (Å²) in [4.78, 5) is 12.1. The van der Waals surface area contributed by atoms with Gasteiger partial charge in [-0.05, 0) is 62.4 Å². The van der Waals surface area contributed by atoms with Crippen LogP contribution in [0.2, 0.25) is 0 Å². The van der Waals surface area contributed by atoms with Crippen LogP contribution in [-0.2, 0) is 0 Å². The van der Waals surface area contributed by atoms with Gasteiger partial charge in [-0.1, -0.05) is 19.4 Å². The molecule has 4 nitrogen and oxygen atoms in total. The first-order valence-electron chi connectivity index (χ1n) is 7.66. The van der Waals surface area contributed by atoms with E-state index in [1.54, 1.807) is 24.3 Å². The summed E-state index contributed by atoms with van der Waals surface area (Å²) in [7, 11) is 0. The summed E-state index contributed by atoms with van der Waals surface area (Å²) in [5, 5.41) is 4.27. The molecule has 118 valence electrons. The average molecular weight is 300 g/mol.